The van der Waals surface area contributed by atoms with E-state index in [4.69, 9.17) is 0 Å². The number of halogens is 1. The third kappa shape index (κ3) is 6.17. The van der Waals surface area contributed by atoms with E-state index in [9.17, 15) is 9.59 Å². The molecule has 1 aliphatic rings. The average molecular weight is 511 g/mol. The van der Waals surface area contributed by atoms with Crippen molar-refractivity contribution in [1.82, 2.24) is 20.0 Å². The number of hydrogen-bond donors (Lipinski definition) is 2. The molecule has 0 atom stereocenters. The summed E-state index contributed by atoms with van der Waals surface area (Å²) in [7, 11) is 1.82. The van der Waals surface area contributed by atoms with E-state index in [0.717, 1.165) is 11.4 Å². The topological polar surface area (TPSA) is 94.9 Å². The second kappa shape index (κ2) is 10.8. The predicted molar refractivity (Wildman–Crippen MR) is 124 cm³/mol. The molecule has 0 bridgehead atoms. The maximum absolute atomic E-state index is 12.6. The number of nitrogens with one attached hydrogen (secondary N) is 2. The maximum Gasteiger partial charge on any atom is 0.246 e. The summed E-state index contributed by atoms with van der Waals surface area (Å²) in [4.78, 5) is 32.7. The van der Waals surface area contributed by atoms with Crippen LogP contribution in [0.1, 0.15) is 6.92 Å². The molecule has 1 aromatic carbocycles. The Labute approximate surface area is 187 Å². The summed E-state index contributed by atoms with van der Waals surface area (Å²) in [6.07, 6.45) is 3.50. The SMILES string of the molecule is CCNC(=NCC(=O)Nc1ccccc1)N1CCN(c2cnn(C)c2)C(=O)C1.I. The van der Waals surface area contributed by atoms with E-state index in [2.05, 4.69) is 20.7 Å². The number of piperazine rings is 1. The van der Waals surface area contributed by atoms with Crippen LogP contribution in [-0.2, 0) is 16.6 Å². The minimum absolute atomic E-state index is 0. The molecular formula is C19H26IN7O2. The number of anilines is 2. The van der Waals surface area contributed by atoms with Gasteiger partial charge in [-0.15, -0.1) is 24.0 Å². The summed E-state index contributed by atoms with van der Waals surface area (Å²) < 4.78 is 1.67. The molecule has 0 unspecified atom stereocenters. The minimum atomic E-state index is -0.207. The van der Waals surface area contributed by atoms with E-state index in [-0.39, 0.29) is 48.9 Å². The van der Waals surface area contributed by atoms with E-state index in [0.29, 0.717) is 25.6 Å². The van der Waals surface area contributed by atoms with Crippen molar-refractivity contribution >= 4 is 53.1 Å². The van der Waals surface area contributed by atoms with Crippen molar-refractivity contribution in [2.45, 2.75) is 6.92 Å². The number of rotatable bonds is 5. The molecule has 1 fully saturated rings. The van der Waals surface area contributed by atoms with Gasteiger partial charge < -0.3 is 20.4 Å². The molecule has 0 spiro atoms. The number of amides is 2. The number of aliphatic imine (C=N–C) groups is 1. The average Bonchev–Trinajstić information content (AvgIpc) is 3.12. The number of hydrogen-bond acceptors (Lipinski definition) is 4. The zero-order chi connectivity index (χ0) is 19.9. The fourth-order valence-corrected chi connectivity index (χ4v) is 2.97. The van der Waals surface area contributed by atoms with Crippen LogP contribution in [0.5, 0.6) is 0 Å². The van der Waals surface area contributed by atoms with Crippen LogP contribution in [0, 0.1) is 0 Å². The van der Waals surface area contributed by atoms with E-state index in [1.807, 2.05) is 55.4 Å². The molecule has 2 heterocycles. The van der Waals surface area contributed by atoms with Gasteiger partial charge in [0.2, 0.25) is 11.8 Å². The molecule has 3 rings (SSSR count). The second-order valence-electron chi connectivity index (χ2n) is 6.42. The summed E-state index contributed by atoms with van der Waals surface area (Å²) in [5.74, 6) is 0.324. The Hall–Kier alpha value is -2.63. The van der Waals surface area contributed by atoms with Crippen LogP contribution >= 0.6 is 24.0 Å². The van der Waals surface area contributed by atoms with E-state index >= 15 is 0 Å². The smallest absolute Gasteiger partial charge is 0.246 e. The highest BCUT2D eigenvalue weighted by Crippen LogP contribution is 2.16. The summed E-state index contributed by atoms with van der Waals surface area (Å²) in [6, 6.07) is 9.25. The highest BCUT2D eigenvalue weighted by atomic mass is 127. The number of carbonyl (C=O) groups is 2. The maximum atomic E-state index is 12.6. The molecule has 1 aromatic heterocycles. The zero-order valence-corrected chi connectivity index (χ0v) is 18.9. The van der Waals surface area contributed by atoms with Gasteiger partial charge in [-0.25, -0.2) is 4.99 Å². The third-order valence-corrected chi connectivity index (χ3v) is 4.29. The van der Waals surface area contributed by atoms with Crippen LogP contribution in [0.25, 0.3) is 0 Å². The van der Waals surface area contributed by atoms with Gasteiger partial charge in [0.05, 0.1) is 11.9 Å². The molecule has 2 amide bonds. The first-order valence-corrected chi connectivity index (χ1v) is 9.24. The Morgan fingerprint density at radius 1 is 1.24 bits per heavy atom. The first-order chi connectivity index (χ1) is 13.6. The van der Waals surface area contributed by atoms with Crippen LogP contribution in [0.3, 0.4) is 0 Å². The normalized spacial score (nSPS) is 14.4. The lowest BCUT2D eigenvalue weighted by Gasteiger charge is -2.35. The van der Waals surface area contributed by atoms with Gasteiger partial charge in [-0.3, -0.25) is 14.3 Å². The predicted octanol–water partition coefficient (Wildman–Crippen LogP) is 1.29. The van der Waals surface area contributed by atoms with Crippen LogP contribution in [0.4, 0.5) is 11.4 Å². The van der Waals surface area contributed by atoms with E-state index in [1.54, 1.807) is 15.8 Å². The number of carbonyl (C=O) groups excluding carboxylic acids is 2. The summed E-state index contributed by atoms with van der Waals surface area (Å²) in [5.41, 5.74) is 1.52. The van der Waals surface area contributed by atoms with Crippen molar-refractivity contribution < 1.29 is 9.59 Å². The number of benzene rings is 1. The molecule has 1 saturated heterocycles. The molecule has 0 radical (unpaired) electrons. The van der Waals surface area contributed by atoms with Crippen molar-refractivity contribution in [2.24, 2.45) is 12.0 Å². The number of aryl methyl sites for hydroxylation is 1. The van der Waals surface area contributed by atoms with Crippen molar-refractivity contribution in [1.29, 1.82) is 0 Å². The van der Waals surface area contributed by atoms with Crippen LogP contribution in [-0.4, -0.2) is 65.2 Å². The number of guanidine groups is 1. The monoisotopic (exact) mass is 511 g/mol. The molecular weight excluding hydrogens is 485 g/mol. The lowest BCUT2D eigenvalue weighted by molar-refractivity contribution is -0.120. The Morgan fingerprint density at radius 2 is 2.00 bits per heavy atom. The van der Waals surface area contributed by atoms with Gasteiger partial charge in [0.1, 0.15) is 13.1 Å². The van der Waals surface area contributed by atoms with Gasteiger partial charge in [0.25, 0.3) is 0 Å². The Morgan fingerprint density at radius 3 is 2.62 bits per heavy atom. The minimum Gasteiger partial charge on any atom is -0.356 e. The molecule has 9 nitrogen and oxygen atoms in total. The van der Waals surface area contributed by atoms with Gasteiger partial charge in [0.15, 0.2) is 5.96 Å². The highest BCUT2D eigenvalue weighted by molar-refractivity contribution is 14.0. The first-order valence-electron chi connectivity index (χ1n) is 9.24. The molecule has 2 N–H and O–H groups in total. The van der Waals surface area contributed by atoms with Gasteiger partial charge in [-0.2, -0.15) is 5.10 Å². The van der Waals surface area contributed by atoms with Gasteiger partial charge in [0, 0.05) is 38.6 Å². The summed E-state index contributed by atoms with van der Waals surface area (Å²) in [5, 5.41) is 10.1. The quantitative estimate of drug-likeness (QED) is 0.359. The number of aromatic nitrogens is 2. The van der Waals surface area contributed by atoms with Gasteiger partial charge in [-0.05, 0) is 19.1 Å². The number of para-hydroxylation sites is 1. The molecule has 156 valence electrons. The third-order valence-electron chi connectivity index (χ3n) is 4.29. The molecule has 2 aromatic rings. The van der Waals surface area contributed by atoms with E-state index in [1.165, 1.54) is 0 Å². The Kier molecular flexibility index (Phi) is 8.43. The Balaban J connectivity index is 0.00000300. The van der Waals surface area contributed by atoms with Gasteiger partial charge >= 0.3 is 0 Å². The van der Waals surface area contributed by atoms with Crippen molar-refractivity contribution in [3.05, 3.63) is 42.7 Å². The fourth-order valence-electron chi connectivity index (χ4n) is 2.97. The standard InChI is InChI=1S/C19H25N7O2.HI/c1-3-20-19(21-12-17(27)23-15-7-5-4-6-8-15)25-9-10-26(18(28)14-25)16-11-22-24(2)13-16;/h4-8,11,13H,3,9-10,12,14H2,1-2H3,(H,20,21)(H,23,27);1H. The lowest BCUT2D eigenvalue weighted by atomic mass is 10.3. The van der Waals surface area contributed by atoms with Crippen LogP contribution in [0.2, 0.25) is 0 Å². The summed E-state index contributed by atoms with van der Waals surface area (Å²) >= 11 is 0. The number of nitrogens with zero attached hydrogens (tertiary/aromatic N) is 5. The molecule has 29 heavy (non-hydrogen) atoms. The van der Waals surface area contributed by atoms with Crippen LogP contribution in [0.15, 0.2) is 47.7 Å². The second-order valence-corrected chi connectivity index (χ2v) is 6.42. The fraction of sp³-hybridized carbons (Fsp3) is 0.368. The van der Waals surface area contributed by atoms with Crippen molar-refractivity contribution in [2.75, 3.05) is 42.9 Å². The highest BCUT2D eigenvalue weighted by Gasteiger charge is 2.27. The van der Waals surface area contributed by atoms with Crippen molar-refractivity contribution in [3.8, 4) is 0 Å². The van der Waals surface area contributed by atoms with E-state index < -0.39 is 0 Å². The lowest BCUT2D eigenvalue weighted by Crippen LogP contribution is -2.55. The van der Waals surface area contributed by atoms with Crippen molar-refractivity contribution in [3.63, 3.8) is 0 Å². The molecule has 10 heteroatoms. The van der Waals surface area contributed by atoms with Crippen LogP contribution < -0.4 is 15.5 Å². The molecule has 0 saturated carbocycles. The molecule has 0 aliphatic carbocycles. The molecule has 1 aliphatic heterocycles. The van der Waals surface area contributed by atoms with Gasteiger partial charge in [-0.1, -0.05) is 18.2 Å². The summed E-state index contributed by atoms with van der Waals surface area (Å²) in [6.45, 7) is 3.93. The zero-order valence-electron chi connectivity index (χ0n) is 16.5. The Bertz CT molecular complexity index is 853. The largest absolute Gasteiger partial charge is 0.356 e. The first kappa shape index (κ1) is 22.7.